The van der Waals surface area contributed by atoms with Crippen LogP contribution in [0.2, 0.25) is 0 Å². The lowest BCUT2D eigenvalue weighted by Gasteiger charge is -2.37. The minimum Gasteiger partial charge on any atom is -0.491 e. The molecule has 1 atom stereocenters. The van der Waals surface area contributed by atoms with E-state index in [2.05, 4.69) is 10.2 Å². The normalized spacial score (nSPS) is 22.4. The third-order valence-electron chi connectivity index (χ3n) is 4.97. The molecule has 1 unspecified atom stereocenters. The van der Waals surface area contributed by atoms with Gasteiger partial charge in [-0.1, -0.05) is 0 Å². The molecule has 0 saturated carbocycles. The van der Waals surface area contributed by atoms with Crippen LogP contribution in [0.4, 0.5) is 0 Å². The van der Waals surface area contributed by atoms with E-state index in [4.69, 9.17) is 4.74 Å². The van der Waals surface area contributed by atoms with Gasteiger partial charge in [-0.05, 0) is 57.5 Å². The number of halogens is 1. The molecule has 1 N–H and O–H groups in total. The van der Waals surface area contributed by atoms with Gasteiger partial charge in [0.05, 0.1) is 11.0 Å². The fourth-order valence-corrected chi connectivity index (χ4v) is 5.09. The molecular weight excluding hydrogens is 374 g/mol. The Balaban J connectivity index is 0.00000243. The van der Waals surface area contributed by atoms with E-state index in [9.17, 15) is 8.42 Å². The highest BCUT2D eigenvalue weighted by molar-refractivity contribution is 7.89. The van der Waals surface area contributed by atoms with Gasteiger partial charge in [0, 0.05) is 38.8 Å². The molecule has 8 heteroatoms. The van der Waals surface area contributed by atoms with Crippen LogP contribution >= 0.6 is 12.4 Å². The van der Waals surface area contributed by atoms with E-state index in [1.54, 1.807) is 22.5 Å². The van der Waals surface area contributed by atoms with Crippen LogP contribution in [0, 0.1) is 6.92 Å². The van der Waals surface area contributed by atoms with E-state index in [1.165, 1.54) is 0 Å². The predicted molar refractivity (Wildman–Crippen MR) is 106 cm³/mol. The van der Waals surface area contributed by atoms with Gasteiger partial charge in [0.15, 0.2) is 0 Å². The van der Waals surface area contributed by atoms with Gasteiger partial charge in [-0.3, -0.25) is 4.90 Å². The number of benzene rings is 1. The number of nitrogens with one attached hydrogen (secondary N) is 1. The quantitative estimate of drug-likeness (QED) is 0.813. The zero-order chi connectivity index (χ0) is 18.0. The second kappa shape index (κ2) is 8.89. The van der Waals surface area contributed by atoms with E-state index < -0.39 is 10.0 Å². The van der Waals surface area contributed by atoms with Crippen molar-refractivity contribution < 1.29 is 13.2 Å². The van der Waals surface area contributed by atoms with Crippen LogP contribution in [-0.2, 0) is 10.0 Å². The van der Waals surface area contributed by atoms with Crippen molar-refractivity contribution in [2.24, 2.45) is 0 Å². The lowest BCUT2D eigenvalue weighted by Crippen LogP contribution is -2.52. The third kappa shape index (κ3) is 4.70. The maximum atomic E-state index is 13.0. The zero-order valence-corrected chi connectivity index (χ0v) is 17.4. The number of hydrogen-bond donors (Lipinski definition) is 1. The molecule has 0 aliphatic carbocycles. The van der Waals surface area contributed by atoms with Crippen molar-refractivity contribution in [3.8, 4) is 5.75 Å². The first-order chi connectivity index (χ1) is 11.9. The molecule has 1 aromatic carbocycles. The van der Waals surface area contributed by atoms with Gasteiger partial charge in [0.1, 0.15) is 5.75 Å². The second-order valence-electron chi connectivity index (χ2n) is 7.18. The first-order valence-electron chi connectivity index (χ1n) is 9.10. The van der Waals surface area contributed by atoms with E-state index in [0.29, 0.717) is 24.0 Å². The van der Waals surface area contributed by atoms with Gasteiger partial charge >= 0.3 is 0 Å². The van der Waals surface area contributed by atoms with E-state index in [0.717, 1.165) is 43.9 Å². The Morgan fingerprint density at radius 1 is 1.19 bits per heavy atom. The molecule has 1 aromatic rings. The highest BCUT2D eigenvalue weighted by Crippen LogP contribution is 2.26. The molecule has 0 spiro atoms. The van der Waals surface area contributed by atoms with Gasteiger partial charge in [-0.2, -0.15) is 4.31 Å². The smallest absolute Gasteiger partial charge is 0.243 e. The SMILES string of the molecule is Cc1cc(S(=O)(=O)N2CCN(C3CCNC3)CC2)ccc1OC(C)C.Cl. The molecule has 3 rings (SSSR count). The zero-order valence-electron chi connectivity index (χ0n) is 15.8. The third-order valence-corrected chi connectivity index (χ3v) is 6.87. The fraction of sp³-hybridized carbons (Fsp3) is 0.667. The van der Waals surface area contributed by atoms with Crippen LogP contribution in [0.5, 0.6) is 5.75 Å². The van der Waals surface area contributed by atoms with Gasteiger partial charge in [-0.15, -0.1) is 12.4 Å². The molecule has 148 valence electrons. The monoisotopic (exact) mass is 403 g/mol. The Labute approximate surface area is 163 Å². The standard InChI is InChI=1S/C18H29N3O3S.ClH/c1-14(2)24-18-5-4-17(12-15(18)3)25(22,23)21-10-8-20(9-11-21)16-6-7-19-13-16;/h4-5,12,14,16,19H,6-11,13H2,1-3H3;1H. The highest BCUT2D eigenvalue weighted by Gasteiger charge is 2.32. The molecular formula is C18H30ClN3O3S. The van der Waals surface area contributed by atoms with Crippen molar-refractivity contribution >= 4 is 22.4 Å². The number of nitrogens with zero attached hydrogens (tertiary/aromatic N) is 2. The largest absolute Gasteiger partial charge is 0.491 e. The minimum atomic E-state index is -3.44. The summed E-state index contributed by atoms with van der Waals surface area (Å²) in [5.41, 5.74) is 0.852. The van der Waals surface area contributed by atoms with Gasteiger partial charge in [0.25, 0.3) is 0 Å². The molecule has 0 bridgehead atoms. The van der Waals surface area contributed by atoms with E-state index in [1.807, 2.05) is 20.8 Å². The summed E-state index contributed by atoms with van der Waals surface area (Å²) in [6.07, 6.45) is 1.22. The van der Waals surface area contributed by atoms with Crippen molar-refractivity contribution in [1.29, 1.82) is 0 Å². The molecule has 6 nitrogen and oxygen atoms in total. The molecule has 0 amide bonds. The summed E-state index contributed by atoms with van der Waals surface area (Å²) in [5, 5.41) is 3.38. The fourth-order valence-electron chi connectivity index (χ4n) is 3.58. The van der Waals surface area contributed by atoms with Crippen molar-refractivity contribution in [2.45, 2.75) is 44.2 Å². The molecule has 26 heavy (non-hydrogen) atoms. The average molecular weight is 404 g/mol. The summed E-state index contributed by atoms with van der Waals surface area (Å²) >= 11 is 0. The summed E-state index contributed by atoms with van der Waals surface area (Å²) in [6.45, 7) is 10.6. The van der Waals surface area contributed by atoms with Crippen LogP contribution < -0.4 is 10.1 Å². The number of rotatable bonds is 5. The Morgan fingerprint density at radius 3 is 2.42 bits per heavy atom. The van der Waals surface area contributed by atoms with Crippen molar-refractivity contribution in [2.75, 3.05) is 39.3 Å². The van der Waals surface area contributed by atoms with E-state index in [-0.39, 0.29) is 18.5 Å². The lowest BCUT2D eigenvalue weighted by molar-refractivity contribution is 0.145. The molecule has 2 aliphatic heterocycles. The molecule has 2 heterocycles. The van der Waals surface area contributed by atoms with Crippen LogP contribution in [0.25, 0.3) is 0 Å². The minimum absolute atomic E-state index is 0. The topological polar surface area (TPSA) is 61.9 Å². The summed E-state index contributed by atoms with van der Waals surface area (Å²) in [6, 6.07) is 5.70. The van der Waals surface area contributed by atoms with Gasteiger partial charge in [0.2, 0.25) is 10.0 Å². The van der Waals surface area contributed by atoms with Crippen LogP contribution in [0.1, 0.15) is 25.8 Å². The maximum absolute atomic E-state index is 13.0. The first-order valence-corrected chi connectivity index (χ1v) is 10.5. The number of ether oxygens (including phenoxy) is 1. The molecule has 0 aromatic heterocycles. The van der Waals surface area contributed by atoms with Crippen molar-refractivity contribution in [3.05, 3.63) is 23.8 Å². The molecule has 2 saturated heterocycles. The summed E-state index contributed by atoms with van der Waals surface area (Å²) in [4.78, 5) is 2.77. The first kappa shape index (κ1) is 21.4. The Hall–Kier alpha value is -0.860. The van der Waals surface area contributed by atoms with Gasteiger partial charge < -0.3 is 10.1 Å². The van der Waals surface area contributed by atoms with Crippen LogP contribution in [-0.4, -0.2) is 69.0 Å². The summed E-state index contributed by atoms with van der Waals surface area (Å²) < 4.78 is 33.2. The number of piperazine rings is 1. The summed E-state index contributed by atoms with van der Waals surface area (Å²) in [5.74, 6) is 0.743. The van der Waals surface area contributed by atoms with Crippen molar-refractivity contribution in [1.82, 2.24) is 14.5 Å². The number of aryl methyl sites for hydroxylation is 1. The molecule has 0 radical (unpaired) electrons. The molecule has 2 aliphatic rings. The lowest BCUT2D eigenvalue weighted by atomic mass is 10.2. The number of hydrogen-bond acceptors (Lipinski definition) is 5. The second-order valence-corrected chi connectivity index (χ2v) is 9.12. The summed E-state index contributed by atoms with van der Waals surface area (Å²) in [7, 11) is -3.44. The molecule has 2 fully saturated rings. The van der Waals surface area contributed by atoms with Crippen LogP contribution in [0.15, 0.2) is 23.1 Å². The Kier molecular flexibility index (Phi) is 7.33. The van der Waals surface area contributed by atoms with Crippen molar-refractivity contribution in [3.63, 3.8) is 0 Å². The highest BCUT2D eigenvalue weighted by atomic mass is 35.5. The average Bonchev–Trinajstić information content (AvgIpc) is 3.11. The van der Waals surface area contributed by atoms with E-state index >= 15 is 0 Å². The number of sulfonamides is 1. The predicted octanol–water partition coefficient (Wildman–Crippen LogP) is 1.87. The Morgan fingerprint density at radius 2 is 1.88 bits per heavy atom. The van der Waals surface area contributed by atoms with Crippen LogP contribution in [0.3, 0.4) is 0 Å². The Bertz CT molecular complexity index is 698. The van der Waals surface area contributed by atoms with Gasteiger partial charge in [-0.25, -0.2) is 8.42 Å². The maximum Gasteiger partial charge on any atom is 0.243 e.